The molecule has 1 aromatic carbocycles. The molecule has 1 atom stereocenters. The number of carbonyl (C=O) groups excluding carboxylic acids is 2. The summed E-state index contributed by atoms with van der Waals surface area (Å²) in [6.07, 6.45) is 4.03. The minimum atomic E-state index is -0.526. The molecule has 2 N–H and O–H groups in total. The van der Waals surface area contributed by atoms with Crippen molar-refractivity contribution in [2.24, 2.45) is 0 Å². The molecule has 6 heteroatoms. The highest BCUT2D eigenvalue weighted by Crippen LogP contribution is 2.22. The van der Waals surface area contributed by atoms with Gasteiger partial charge >= 0.3 is 5.97 Å². The Morgan fingerprint density at radius 3 is 2.90 bits per heavy atom. The maximum atomic E-state index is 12.3. The zero-order valence-corrected chi connectivity index (χ0v) is 12.7. The van der Waals surface area contributed by atoms with Crippen molar-refractivity contribution in [3.8, 4) is 0 Å². The molecule has 114 valence electrons. The molecule has 0 bridgehead atoms. The van der Waals surface area contributed by atoms with Gasteiger partial charge in [0.2, 0.25) is 5.91 Å². The van der Waals surface area contributed by atoms with Crippen molar-refractivity contribution in [2.45, 2.75) is 31.7 Å². The zero-order valence-electron chi connectivity index (χ0n) is 11.9. The third-order valence-corrected chi connectivity index (χ3v) is 3.76. The Bertz CT molecular complexity index is 526. The van der Waals surface area contributed by atoms with Crippen molar-refractivity contribution in [1.29, 1.82) is 0 Å². The molecule has 0 saturated carbocycles. The average molecular weight is 311 g/mol. The summed E-state index contributed by atoms with van der Waals surface area (Å²) in [5.74, 6) is -0.661. The Kier molecular flexibility index (Phi) is 5.59. The van der Waals surface area contributed by atoms with Crippen LogP contribution in [0.5, 0.6) is 0 Å². The van der Waals surface area contributed by atoms with Crippen LogP contribution in [-0.4, -0.2) is 31.6 Å². The maximum absolute atomic E-state index is 12.3. The van der Waals surface area contributed by atoms with Gasteiger partial charge in [-0.1, -0.05) is 24.4 Å². The number of carbonyl (C=O) groups is 2. The van der Waals surface area contributed by atoms with Gasteiger partial charge in [-0.15, -0.1) is 0 Å². The average Bonchev–Trinajstić information content (AvgIpc) is 2.77. The van der Waals surface area contributed by atoms with Crippen molar-refractivity contribution in [1.82, 2.24) is 5.32 Å². The quantitative estimate of drug-likeness (QED) is 0.842. The number of benzene rings is 1. The van der Waals surface area contributed by atoms with Crippen LogP contribution in [-0.2, 0) is 9.53 Å². The van der Waals surface area contributed by atoms with Gasteiger partial charge in [-0.2, -0.15) is 0 Å². The molecule has 1 aliphatic heterocycles. The molecule has 21 heavy (non-hydrogen) atoms. The van der Waals surface area contributed by atoms with E-state index < -0.39 is 5.97 Å². The number of nitrogens with one attached hydrogen (secondary N) is 2. The van der Waals surface area contributed by atoms with Gasteiger partial charge in [0, 0.05) is 5.02 Å². The van der Waals surface area contributed by atoms with Crippen LogP contribution in [0.15, 0.2) is 18.2 Å². The highest BCUT2D eigenvalue weighted by atomic mass is 35.5. The van der Waals surface area contributed by atoms with Gasteiger partial charge in [0.05, 0.1) is 24.4 Å². The topological polar surface area (TPSA) is 67.4 Å². The molecule has 1 aromatic rings. The van der Waals surface area contributed by atoms with E-state index >= 15 is 0 Å². The fourth-order valence-corrected chi connectivity index (χ4v) is 2.55. The van der Waals surface area contributed by atoms with E-state index in [1.54, 1.807) is 12.1 Å². The van der Waals surface area contributed by atoms with Gasteiger partial charge in [0.1, 0.15) is 0 Å². The summed E-state index contributed by atoms with van der Waals surface area (Å²) in [6.45, 7) is 0.836. The second-order valence-corrected chi connectivity index (χ2v) is 5.46. The first-order valence-corrected chi connectivity index (χ1v) is 7.41. The predicted molar refractivity (Wildman–Crippen MR) is 81.7 cm³/mol. The number of methoxy groups -OCH3 is 1. The number of ether oxygens (including phenoxy) is 1. The van der Waals surface area contributed by atoms with Crippen LogP contribution < -0.4 is 10.6 Å². The molecule has 1 fully saturated rings. The lowest BCUT2D eigenvalue weighted by Gasteiger charge is -2.17. The van der Waals surface area contributed by atoms with Crippen molar-refractivity contribution in [2.75, 3.05) is 19.0 Å². The summed E-state index contributed by atoms with van der Waals surface area (Å²) < 4.78 is 4.71. The minimum absolute atomic E-state index is 0.135. The zero-order chi connectivity index (χ0) is 15.2. The van der Waals surface area contributed by atoms with Crippen LogP contribution in [0.1, 0.15) is 36.0 Å². The van der Waals surface area contributed by atoms with Gasteiger partial charge in [-0.05, 0) is 37.6 Å². The first-order valence-electron chi connectivity index (χ1n) is 7.04. The van der Waals surface area contributed by atoms with Crippen LogP contribution in [0.4, 0.5) is 5.69 Å². The van der Waals surface area contributed by atoms with E-state index in [1.807, 2.05) is 0 Å². The lowest BCUT2D eigenvalue weighted by molar-refractivity contribution is -0.118. The normalized spacial score (nSPS) is 18.7. The Morgan fingerprint density at radius 1 is 1.33 bits per heavy atom. The Morgan fingerprint density at radius 2 is 2.14 bits per heavy atom. The van der Waals surface area contributed by atoms with E-state index in [2.05, 4.69) is 10.6 Å². The SMILES string of the molecule is COC(=O)c1cc(Cl)ccc1NC(=O)C1CCCCCN1. The molecule has 0 radical (unpaired) electrons. The number of hydrogen-bond donors (Lipinski definition) is 2. The summed E-state index contributed by atoms with van der Waals surface area (Å²) >= 11 is 5.89. The highest BCUT2D eigenvalue weighted by molar-refractivity contribution is 6.31. The van der Waals surface area contributed by atoms with Gasteiger partial charge in [-0.3, -0.25) is 4.79 Å². The van der Waals surface area contributed by atoms with E-state index in [9.17, 15) is 9.59 Å². The molecule has 1 aliphatic rings. The van der Waals surface area contributed by atoms with Gasteiger partial charge in [0.25, 0.3) is 0 Å². The largest absolute Gasteiger partial charge is 0.465 e. The number of amides is 1. The van der Waals surface area contributed by atoms with Gasteiger partial charge < -0.3 is 15.4 Å². The molecule has 0 aromatic heterocycles. The molecule has 1 unspecified atom stereocenters. The molecular formula is C15H19ClN2O3. The molecule has 5 nitrogen and oxygen atoms in total. The van der Waals surface area contributed by atoms with E-state index in [-0.39, 0.29) is 17.5 Å². The van der Waals surface area contributed by atoms with Crippen LogP contribution in [0, 0.1) is 0 Å². The lowest BCUT2D eigenvalue weighted by Crippen LogP contribution is -2.40. The number of hydrogen-bond acceptors (Lipinski definition) is 4. The molecule has 2 rings (SSSR count). The maximum Gasteiger partial charge on any atom is 0.340 e. The Hall–Kier alpha value is -1.59. The number of esters is 1. The predicted octanol–water partition coefficient (Wildman–Crippen LogP) is 2.60. The van der Waals surface area contributed by atoms with E-state index in [4.69, 9.17) is 16.3 Å². The first kappa shape index (κ1) is 15.8. The van der Waals surface area contributed by atoms with Crippen molar-refractivity contribution < 1.29 is 14.3 Å². The van der Waals surface area contributed by atoms with Gasteiger partial charge in [-0.25, -0.2) is 4.79 Å². The lowest BCUT2D eigenvalue weighted by atomic mass is 10.1. The van der Waals surface area contributed by atoms with Crippen LogP contribution in [0.2, 0.25) is 5.02 Å². The summed E-state index contributed by atoms with van der Waals surface area (Å²) in [5, 5.41) is 6.43. The van der Waals surface area contributed by atoms with E-state index in [0.717, 1.165) is 32.2 Å². The fourth-order valence-electron chi connectivity index (χ4n) is 2.38. The number of halogens is 1. The minimum Gasteiger partial charge on any atom is -0.465 e. The fraction of sp³-hybridized carbons (Fsp3) is 0.467. The number of rotatable bonds is 3. The first-order chi connectivity index (χ1) is 10.1. The van der Waals surface area contributed by atoms with Crippen molar-refractivity contribution in [3.63, 3.8) is 0 Å². The molecule has 0 aliphatic carbocycles. The van der Waals surface area contributed by atoms with Crippen LogP contribution in [0.3, 0.4) is 0 Å². The Balaban J connectivity index is 2.14. The molecule has 1 saturated heterocycles. The second-order valence-electron chi connectivity index (χ2n) is 5.03. The third kappa shape index (κ3) is 4.19. The van der Waals surface area contributed by atoms with Crippen LogP contribution >= 0.6 is 11.6 Å². The highest BCUT2D eigenvalue weighted by Gasteiger charge is 2.21. The molecule has 1 heterocycles. The summed E-state index contributed by atoms with van der Waals surface area (Å²) in [6, 6.07) is 4.50. The summed E-state index contributed by atoms with van der Waals surface area (Å²) in [5.41, 5.74) is 0.675. The molecular weight excluding hydrogens is 292 g/mol. The standard InChI is InChI=1S/C15H19ClN2O3/c1-21-15(20)11-9-10(16)6-7-12(11)18-14(19)13-5-3-2-4-8-17-13/h6-7,9,13,17H,2-5,8H2,1H3,(H,18,19). The monoisotopic (exact) mass is 310 g/mol. The van der Waals surface area contributed by atoms with E-state index in [0.29, 0.717) is 10.7 Å². The van der Waals surface area contributed by atoms with E-state index in [1.165, 1.54) is 13.2 Å². The summed E-state index contributed by atoms with van der Waals surface area (Å²) in [7, 11) is 1.29. The molecule has 0 spiro atoms. The van der Waals surface area contributed by atoms with Crippen LogP contribution in [0.25, 0.3) is 0 Å². The number of anilines is 1. The smallest absolute Gasteiger partial charge is 0.340 e. The second kappa shape index (κ2) is 7.43. The third-order valence-electron chi connectivity index (χ3n) is 3.52. The summed E-state index contributed by atoms with van der Waals surface area (Å²) in [4.78, 5) is 24.1. The Labute approximate surface area is 129 Å². The van der Waals surface area contributed by atoms with Crippen molar-refractivity contribution in [3.05, 3.63) is 28.8 Å². The van der Waals surface area contributed by atoms with Gasteiger partial charge in [0.15, 0.2) is 0 Å². The molecule has 1 amide bonds. The van der Waals surface area contributed by atoms with Crippen molar-refractivity contribution >= 4 is 29.2 Å².